The van der Waals surface area contributed by atoms with Gasteiger partial charge in [-0.25, -0.2) is 18.1 Å². The minimum absolute atomic E-state index is 0.0718. The molecule has 0 aromatic carbocycles. The Bertz CT molecular complexity index is 865. The minimum atomic E-state index is -4.50. The fraction of sp³-hybridized carbons (Fsp3) is 0.400. The molecular formula is C15H15ClF3N3O2S2. The van der Waals surface area contributed by atoms with Crippen molar-refractivity contribution in [3.63, 3.8) is 0 Å². The Kier molecular flexibility index (Phi) is 5.48. The lowest BCUT2D eigenvalue weighted by atomic mass is 10.1. The highest BCUT2D eigenvalue weighted by Crippen LogP contribution is 2.34. The van der Waals surface area contributed by atoms with E-state index in [0.717, 1.165) is 23.6 Å². The molecule has 0 bridgehead atoms. The fourth-order valence-electron chi connectivity index (χ4n) is 2.72. The molecule has 0 unspecified atom stereocenters. The van der Waals surface area contributed by atoms with E-state index in [1.165, 1.54) is 6.07 Å². The number of alkyl halides is 3. The molecule has 5 nitrogen and oxygen atoms in total. The molecule has 0 amide bonds. The Morgan fingerprint density at radius 2 is 2.00 bits per heavy atom. The van der Waals surface area contributed by atoms with Crippen LogP contribution in [0.1, 0.15) is 18.4 Å². The Morgan fingerprint density at radius 3 is 2.54 bits per heavy atom. The van der Waals surface area contributed by atoms with Crippen LogP contribution in [0.4, 0.5) is 19.0 Å². The number of piperidine rings is 1. The first-order valence-corrected chi connectivity index (χ1v) is 10.4. The van der Waals surface area contributed by atoms with Gasteiger partial charge in [-0.05, 0) is 30.4 Å². The molecule has 1 aliphatic heterocycles. The van der Waals surface area contributed by atoms with Gasteiger partial charge in [0.1, 0.15) is 10.0 Å². The average molecular weight is 426 g/mol. The molecule has 142 valence electrons. The summed E-state index contributed by atoms with van der Waals surface area (Å²) < 4.78 is 65.5. The van der Waals surface area contributed by atoms with Crippen LogP contribution in [0.15, 0.2) is 34.0 Å². The molecule has 2 aromatic heterocycles. The summed E-state index contributed by atoms with van der Waals surface area (Å²) in [6.07, 6.45) is -2.73. The lowest BCUT2D eigenvalue weighted by molar-refractivity contribution is -0.137. The molecule has 11 heteroatoms. The van der Waals surface area contributed by atoms with E-state index < -0.39 is 21.8 Å². The second-order valence-electron chi connectivity index (χ2n) is 5.84. The van der Waals surface area contributed by atoms with Crippen molar-refractivity contribution in [3.05, 3.63) is 40.4 Å². The van der Waals surface area contributed by atoms with Crippen molar-refractivity contribution in [2.45, 2.75) is 29.3 Å². The molecule has 0 saturated carbocycles. The molecule has 2 aromatic rings. The Balaban J connectivity index is 1.64. The number of pyridine rings is 1. The van der Waals surface area contributed by atoms with Crippen LogP contribution in [0.3, 0.4) is 0 Å². The van der Waals surface area contributed by atoms with Crippen molar-refractivity contribution in [2.75, 3.05) is 18.0 Å². The number of sulfonamides is 1. The summed E-state index contributed by atoms with van der Waals surface area (Å²) in [4.78, 5) is 5.61. The third kappa shape index (κ3) is 4.30. The van der Waals surface area contributed by atoms with Crippen molar-refractivity contribution in [1.29, 1.82) is 0 Å². The van der Waals surface area contributed by atoms with Crippen molar-refractivity contribution in [3.8, 4) is 0 Å². The van der Waals surface area contributed by atoms with Crippen LogP contribution in [-0.2, 0) is 16.2 Å². The first-order valence-electron chi connectivity index (χ1n) is 7.70. The molecule has 0 spiro atoms. The Morgan fingerprint density at radius 1 is 1.31 bits per heavy atom. The zero-order valence-electron chi connectivity index (χ0n) is 13.3. The van der Waals surface area contributed by atoms with Gasteiger partial charge in [0.05, 0.1) is 10.6 Å². The number of nitrogens with one attached hydrogen (secondary N) is 1. The van der Waals surface area contributed by atoms with E-state index in [4.69, 9.17) is 11.6 Å². The van der Waals surface area contributed by atoms with Crippen molar-refractivity contribution in [2.24, 2.45) is 0 Å². The number of thiophene rings is 1. The van der Waals surface area contributed by atoms with E-state index in [9.17, 15) is 21.6 Å². The number of aromatic nitrogens is 1. The van der Waals surface area contributed by atoms with Crippen LogP contribution < -0.4 is 9.62 Å². The predicted octanol–water partition coefficient (Wildman–Crippen LogP) is 3.76. The van der Waals surface area contributed by atoms with Crippen molar-refractivity contribution >= 4 is 38.8 Å². The van der Waals surface area contributed by atoms with Gasteiger partial charge in [0, 0.05) is 25.3 Å². The normalized spacial score (nSPS) is 16.8. The van der Waals surface area contributed by atoms with Crippen molar-refractivity contribution in [1.82, 2.24) is 9.71 Å². The average Bonchev–Trinajstić information content (AvgIpc) is 3.10. The second-order valence-corrected chi connectivity index (χ2v) is 9.14. The lowest BCUT2D eigenvalue weighted by Gasteiger charge is -2.33. The maximum atomic E-state index is 12.7. The van der Waals surface area contributed by atoms with Gasteiger partial charge in [-0.3, -0.25) is 0 Å². The van der Waals surface area contributed by atoms with Crippen LogP contribution in [0, 0.1) is 0 Å². The molecule has 26 heavy (non-hydrogen) atoms. The molecule has 1 fully saturated rings. The minimum Gasteiger partial charge on any atom is -0.355 e. The van der Waals surface area contributed by atoms with E-state index in [1.807, 2.05) is 0 Å². The summed E-state index contributed by atoms with van der Waals surface area (Å²) in [5.41, 5.74) is -0.898. The maximum Gasteiger partial charge on any atom is 0.417 e. The van der Waals surface area contributed by atoms with Crippen molar-refractivity contribution < 1.29 is 21.6 Å². The summed E-state index contributed by atoms with van der Waals surface area (Å²) in [6, 6.07) is 3.82. The summed E-state index contributed by atoms with van der Waals surface area (Å²) in [6.45, 7) is 0.880. The zero-order valence-corrected chi connectivity index (χ0v) is 15.7. The summed E-state index contributed by atoms with van der Waals surface area (Å²) >= 11 is 7.11. The largest absolute Gasteiger partial charge is 0.417 e. The topological polar surface area (TPSA) is 62.3 Å². The van der Waals surface area contributed by atoms with Gasteiger partial charge in [0.2, 0.25) is 10.0 Å². The van der Waals surface area contributed by atoms with E-state index in [2.05, 4.69) is 9.71 Å². The summed E-state index contributed by atoms with van der Waals surface area (Å²) in [5.74, 6) is 0.277. The monoisotopic (exact) mass is 425 g/mol. The molecule has 0 aliphatic carbocycles. The molecule has 1 saturated heterocycles. The van der Waals surface area contributed by atoms with Gasteiger partial charge in [-0.1, -0.05) is 17.7 Å². The number of nitrogens with zero attached hydrogens (tertiary/aromatic N) is 2. The van der Waals surface area contributed by atoms with Gasteiger partial charge >= 0.3 is 6.18 Å². The molecule has 3 heterocycles. The van der Waals surface area contributed by atoms with Gasteiger partial charge in [-0.2, -0.15) is 13.2 Å². The van der Waals surface area contributed by atoms with E-state index in [1.54, 1.807) is 16.3 Å². The lowest BCUT2D eigenvalue weighted by Crippen LogP contribution is -2.44. The standard InChI is InChI=1S/C15H15ClF3N3O2S2/c16-12-8-10(15(17,18)19)9-20-14(12)22-5-3-11(4-6-22)21-26(23,24)13-2-1-7-25-13/h1-2,7-9,11,21H,3-6H2. The van der Waals surface area contributed by atoms with Gasteiger partial charge in [0.15, 0.2) is 0 Å². The number of hydrogen-bond acceptors (Lipinski definition) is 5. The van der Waals surface area contributed by atoms with Crippen LogP contribution in [0.25, 0.3) is 0 Å². The Labute approximate surface area is 157 Å². The molecule has 3 rings (SSSR count). The van der Waals surface area contributed by atoms with E-state index in [-0.39, 0.29) is 21.1 Å². The van der Waals surface area contributed by atoms with Crippen LogP contribution >= 0.6 is 22.9 Å². The highest BCUT2D eigenvalue weighted by atomic mass is 35.5. The fourth-order valence-corrected chi connectivity index (χ4v) is 5.32. The SMILES string of the molecule is O=S(=O)(NC1CCN(c2ncc(C(F)(F)F)cc2Cl)CC1)c1cccs1. The third-order valence-corrected chi connectivity index (χ3v) is 7.22. The van der Waals surface area contributed by atoms with Crippen LogP contribution in [0.5, 0.6) is 0 Å². The third-order valence-electron chi connectivity index (χ3n) is 4.03. The molecule has 0 radical (unpaired) electrons. The predicted molar refractivity (Wildman–Crippen MR) is 94.1 cm³/mol. The van der Waals surface area contributed by atoms with Crippen LogP contribution in [0.2, 0.25) is 5.02 Å². The zero-order chi connectivity index (χ0) is 18.9. The van der Waals surface area contributed by atoms with E-state index in [0.29, 0.717) is 25.9 Å². The summed E-state index contributed by atoms with van der Waals surface area (Å²) in [7, 11) is -3.55. The number of rotatable bonds is 4. The molecule has 1 aliphatic rings. The Hall–Kier alpha value is -1.36. The molecule has 0 atom stereocenters. The van der Waals surface area contributed by atoms with Gasteiger partial charge in [0.25, 0.3) is 0 Å². The first kappa shape index (κ1) is 19.4. The number of halogens is 4. The second kappa shape index (κ2) is 7.34. The summed E-state index contributed by atoms with van der Waals surface area (Å²) in [5, 5.41) is 1.62. The van der Waals surface area contributed by atoms with Gasteiger partial charge < -0.3 is 4.90 Å². The highest BCUT2D eigenvalue weighted by Gasteiger charge is 2.32. The smallest absolute Gasteiger partial charge is 0.355 e. The number of hydrogen-bond donors (Lipinski definition) is 1. The number of anilines is 1. The maximum absolute atomic E-state index is 12.7. The van der Waals surface area contributed by atoms with E-state index >= 15 is 0 Å². The quantitative estimate of drug-likeness (QED) is 0.810. The molecular weight excluding hydrogens is 411 g/mol. The van der Waals surface area contributed by atoms with Gasteiger partial charge in [-0.15, -0.1) is 11.3 Å². The molecule has 1 N–H and O–H groups in total. The van der Waals surface area contributed by atoms with Crippen LogP contribution in [-0.4, -0.2) is 32.5 Å². The first-order chi connectivity index (χ1) is 12.2. The highest BCUT2D eigenvalue weighted by molar-refractivity contribution is 7.91.